The van der Waals surface area contributed by atoms with E-state index in [1.165, 1.54) is 5.56 Å². The fourth-order valence-corrected chi connectivity index (χ4v) is 3.10. The van der Waals surface area contributed by atoms with Crippen LogP contribution in [-0.4, -0.2) is 22.5 Å². The summed E-state index contributed by atoms with van der Waals surface area (Å²) in [5, 5.41) is 22.0. The molecule has 0 aromatic heterocycles. The van der Waals surface area contributed by atoms with Gasteiger partial charge in [-0.15, -0.1) is 0 Å². The third kappa shape index (κ3) is 1.94. The molecule has 0 saturated carbocycles. The van der Waals surface area contributed by atoms with Crippen LogP contribution in [0.1, 0.15) is 16.7 Å². The first kappa shape index (κ1) is 12.9. The van der Waals surface area contributed by atoms with E-state index in [0.717, 1.165) is 28.5 Å². The molecule has 4 rings (SSSR count). The van der Waals surface area contributed by atoms with E-state index in [9.17, 15) is 10.2 Å². The zero-order valence-corrected chi connectivity index (χ0v) is 12.0. The van der Waals surface area contributed by atoms with Crippen molar-refractivity contribution < 1.29 is 10.2 Å². The molecule has 0 atom stereocenters. The average molecular weight is 289 g/mol. The number of aromatic hydroxyl groups is 2. The summed E-state index contributed by atoms with van der Waals surface area (Å²) in [6, 6.07) is 16.9. The summed E-state index contributed by atoms with van der Waals surface area (Å²) in [7, 11) is 0. The molecular weight excluding hydrogens is 274 g/mol. The van der Waals surface area contributed by atoms with Crippen molar-refractivity contribution in [3.8, 4) is 11.5 Å². The molecule has 1 heterocycles. The quantitative estimate of drug-likeness (QED) is 0.718. The number of aliphatic imine (C=N–C) groups is 1. The van der Waals surface area contributed by atoms with Gasteiger partial charge in [0.2, 0.25) is 0 Å². The molecular formula is C19H15NO2. The van der Waals surface area contributed by atoms with Crippen molar-refractivity contribution in [2.75, 3.05) is 6.54 Å². The maximum atomic E-state index is 10.4. The molecule has 1 aliphatic heterocycles. The maximum Gasteiger partial charge on any atom is 0.125 e. The normalized spacial score (nSPS) is 13.7. The van der Waals surface area contributed by atoms with Crippen LogP contribution in [0, 0.1) is 0 Å². The lowest BCUT2D eigenvalue weighted by Gasteiger charge is -2.19. The SMILES string of the molecule is Oc1ccc2ccc(O)c(C3=NCCc4ccccc43)c2c1. The zero-order chi connectivity index (χ0) is 15.1. The standard InChI is InChI=1S/C19H15NO2/c21-14-7-5-13-6-8-17(22)18(16(13)11-14)19-15-4-2-1-3-12(15)9-10-20-19/h1-8,11,21-22H,9-10H2. The summed E-state index contributed by atoms with van der Waals surface area (Å²) in [4.78, 5) is 4.66. The molecule has 0 aliphatic carbocycles. The lowest BCUT2D eigenvalue weighted by atomic mass is 9.90. The Bertz CT molecular complexity index is 907. The summed E-state index contributed by atoms with van der Waals surface area (Å²) in [5.74, 6) is 0.373. The summed E-state index contributed by atoms with van der Waals surface area (Å²) >= 11 is 0. The molecule has 0 saturated heterocycles. The fraction of sp³-hybridized carbons (Fsp3) is 0.105. The first-order valence-electron chi connectivity index (χ1n) is 7.32. The van der Waals surface area contributed by atoms with Crippen LogP contribution < -0.4 is 0 Å². The van der Waals surface area contributed by atoms with Crippen LogP contribution in [0.4, 0.5) is 0 Å². The second-order valence-corrected chi connectivity index (χ2v) is 5.50. The smallest absolute Gasteiger partial charge is 0.125 e. The average Bonchev–Trinajstić information content (AvgIpc) is 2.54. The molecule has 0 fully saturated rings. The summed E-state index contributed by atoms with van der Waals surface area (Å²) in [6.07, 6.45) is 0.913. The van der Waals surface area contributed by atoms with Gasteiger partial charge in [0.05, 0.1) is 11.3 Å². The highest BCUT2D eigenvalue weighted by Crippen LogP contribution is 2.33. The van der Waals surface area contributed by atoms with E-state index in [1.807, 2.05) is 30.3 Å². The van der Waals surface area contributed by atoms with Crippen molar-refractivity contribution in [3.63, 3.8) is 0 Å². The summed E-state index contributed by atoms with van der Waals surface area (Å²) < 4.78 is 0. The van der Waals surface area contributed by atoms with Gasteiger partial charge in [0.1, 0.15) is 11.5 Å². The number of hydrogen-bond donors (Lipinski definition) is 2. The highest BCUT2D eigenvalue weighted by Gasteiger charge is 2.20. The van der Waals surface area contributed by atoms with E-state index in [1.54, 1.807) is 18.2 Å². The molecule has 0 unspecified atom stereocenters. The Balaban J connectivity index is 2.04. The van der Waals surface area contributed by atoms with Crippen LogP contribution in [0.5, 0.6) is 11.5 Å². The largest absolute Gasteiger partial charge is 0.508 e. The van der Waals surface area contributed by atoms with Crippen LogP contribution >= 0.6 is 0 Å². The molecule has 3 aromatic carbocycles. The van der Waals surface area contributed by atoms with Gasteiger partial charge in [-0.3, -0.25) is 4.99 Å². The van der Waals surface area contributed by atoms with Crippen molar-refractivity contribution in [3.05, 3.63) is 71.3 Å². The van der Waals surface area contributed by atoms with E-state index in [2.05, 4.69) is 11.1 Å². The predicted molar refractivity (Wildman–Crippen MR) is 87.9 cm³/mol. The van der Waals surface area contributed by atoms with Crippen LogP contribution in [0.15, 0.2) is 59.6 Å². The van der Waals surface area contributed by atoms with Gasteiger partial charge < -0.3 is 10.2 Å². The third-order valence-corrected chi connectivity index (χ3v) is 4.14. The van der Waals surface area contributed by atoms with Crippen LogP contribution in [0.3, 0.4) is 0 Å². The van der Waals surface area contributed by atoms with Gasteiger partial charge in [-0.05, 0) is 41.0 Å². The highest BCUT2D eigenvalue weighted by molar-refractivity contribution is 6.22. The lowest BCUT2D eigenvalue weighted by molar-refractivity contribution is 0.474. The van der Waals surface area contributed by atoms with Crippen LogP contribution in [0.25, 0.3) is 10.8 Å². The Morgan fingerprint density at radius 1 is 0.909 bits per heavy atom. The van der Waals surface area contributed by atoms with Crippen molar-refractivity contribution in [2.24, 2.45) is 4.99 Å². The Hall–Kier alpha value is -2.81. The lowest BCUT2D eigenvalue weighted by Crippen LogP contribution is -2.14. The van der Waals surface area contributed by atoms with Crippen LogP contribution in [0.2, 0.25) is 0 Å². The van der Waals surface area contributed by atoms with Gasteiger partial charge in [-0.25, -0.2) is 0 Å². The molecule has 0 amide bonds. The van der Waals surface area contributed by atoms with Gasteiger partial charge >= 0.3 is 0 Å². The second-order valence-electron chi connectivity index (χ2n) is 5.50. The minimum Gasteiger partial charge on any atom is -0.508 e. The molecule has 3 heteroatoms. The van der Waals surface area contributed by atoms with Crippen molar-refractivity contribution in [1.82, 2.24) is 0 Å². The molecule has 0 radical (unpaired) electrons. The van der Waals surface area contributed by atoms with E-state index >= 15 is 0 Å². The minimum atomic E-state index is 0.184. The number of rotatable bonds is 1. The second kappa shape index (κ2) is 4.88. The van der Waals surface area contributed by atoms with E-state index in [-0.39, 0.29) is 11.5 Å². The summed E-state index contributed by atoms with van der Waals surface area (Å²) in [5.41, 5.74) is 3.79. The Kier molecular flexibility index (Phi) is 2.86. The first-order valence-corrected chi connectivity index (χ1v) is 7.32. The molecule has 108 valence electrons. The monoisotopic (exact) mass is 289 g/mol. The Morgan fingerprint density at radius 2 is 1.73 bits per heavy atom. The molecule has 0 spiro atoms. The zero-order valence-electron chi connectivity index (χ0n) is 12.0. The molecule has 1 aliphatic rings. The van der Waals surface area contributed by atoms with E-state index in [0.29, 0.717) is 12.1 Å². The van der Waals surface area contributed by atoms with Gasteiger partial charge in [0, 0.05) is 12.1 Å². The van der Waals surface area contributed by atoms with Crippen molar-refractivity contribution >= 4 is 16.5 Å². The minimum absolute atomic E-state index is 0.184. The van der Waals surface area contributed by atoms with E-state index in [4.69, 9.17) is 0 Å². The topological polar surface area (TPSA) is 52.8 Å². The van der Waals surface area contributed by atoms with E-state index < -0.39 is 0 Å². The number of nitrogens with zero attached hydrogens (tertiary/aromatic N) is 1. The molecule has 3 aromatic rings. The van der Waals surface area contributed by atoms with Gasteiger partial charge in [-0.1, -0.05) is 36.4 Å². The number of fused-ring (bicyclic) bond motifs is 2. The maximum absolute atomic E-state index is 10.4. The Labute approximate surface area is 128 Å². The van der Waals surface area contributed by atoms with Gasteiger partial charge in [0.15, 0.2) is 0 Å². The van der Waals surface area contributed by atoms with Crippen molar-refractivity contribution in [2.45, 2.75) is 6.42 Å². The highest BCUT2D eigenvalue weighted by atomic mass is 16.3. The van der Waals surface area contributed by atoms with Gasteiger partial charge in [-0.2, -0.15) is 0 Å². The molecule has 0 bridgehead atoms. The van der Waals surface area contributed by atoms with Crippen LogP contribution in [-0.2, 0) is 6.42 Å². The fourth-order valence-electron chi connectivity index (χ4n) is 3.10. The molecule has 22 heavy (non-hydrogen) atoms. The number of phenolic OH excluding ortho intramolecular Hbond substituents is 2. The number of benzene rings is 3. The molecule has 3 nitrogen and oxygen atoms in total. The predicted octanol–water partition coefficient (Wildman–Crippen LogP) is 3.64. The Morgan fingerprint density at radius 3 is 2.64 bits per heavy atom. The number of phenols is 2. The van der Waals surface area contributed by atoms with Gasteiger partial charge in [0.25, 0.3) is 0 Å². The summed E-state index contributed by atoms with van der Waals surface area (Å²) in [6.45, 7) is 0.709. The molecule has 2 N–H and O–H groups in total. The first-order chi connectivity index (χ1) is 10.7. The number of hydrogen-bond acceptors (Lipinski definition) is 3. The third-order valence-electron chi connectivity index (χ3n) is 4.14. The van der Waals surface area contributed by atoms with Crippen molar-refractivity contribution in [1.29, 1.82) is 0 Å².